The lowest BCUT2D eigenvalue weighted by Crippen LogP contribution is -2.36. The highest BCUT2D eigenvalue weighted by molar-refractivity contribution is 6.30. The number of carbonyl (C=O) groups is 1. The number of hydrogen-bond acceptors (Lipinski definition) is 3. The van der Waals surface area contributed by atoms with E-state index < -0.39 is 0 Å². The second-order valence-corrected chi connectivity index (χ2v) is 7.76. The van der Waals surface area contributed by atoms with Gasteiger partial charge in [0.15, 0.2) is 5.82 Å². The molecule has 0 atom stereocenters. The molecule has 5 nitrogen and oxygen atoms in total. The standard InChI is InChI=1S/C22H23ClN4O/c1-15-7-9-16(10-8-15)21-25-20(22(28)24-18-5-3-2-4-6-18)26-27(21)19-13-11-17(23)12-14-19/h7-14,18H,2-6H2,1H3,(H,24,28). The summed E-state index contributed by atoms with van der Waals surface area (Å²) >= 11 is 6.03. The summed E-state index contributed by atoms with van der Waals surface area (Å²) in [6, 6.07) is 15.6. The molecule has 0 aliphatic heterocycles. The highest BCUT2D eigenvalue weighted by Crippen LogP contribution is 2.23. The maximum absolute atomic E-state index is 12.8. The van der Waals surface area contributed by atoms with Crippen molar-refractivity contribution in [1.29, 1.82) is 0 Å². The molecule has 1 N–H and O–H groups in total. The molecule has 1 amide bonds. The van der Waals surface area contributed by atoms with E-state index in [0.29, 0.717) is 10.8 Å². The Morgan fingerprint density at radius 2 is 1.71 bits per heavy atom. The van der Waals surface area contributed by atoms with Gasteiger partial charge in [0.25, 0.3) is 5.91 Å². The predicted molar refractivity (Wildman–Crippen MR) is 111 cm³/mol. The van der Waals surface area contributed by atoms with Crippen molar-refractivity contribution in [2.45, 2.75) is 45.1 Å². The predicted octanol–water partition coefficient (Wildman–Crippen LogP) is 4.96. The molecule has 0 saturated heterocycles. The van der Waals surface area contributed by atoms with Crippen LogP contribution in [0.5, 0.6) is 0 Å². The summed E-state index contributed by atoms with van der Waals surface area (Å²) < 4.78 is 1.71. The van der Waals surface area contributed by atoms with Gasteiger partial charge in [0.1, 0.15) is 0 Å². The lowest BCUT2D eigenvalue weighted by molar-refractivity contribution is 0.0917. The van der Waals surface area contributed by atoms with E-state index in [2.05, 4.69) is 15.4 Å². The molecule has 6 heteroatoms. The molecule has 0 spiro atoms. The number of nitrogens with zero attached hydrogens (tertiary/aromatic N) is 3. The number of amides is 1. The van der Waals surface area contributed by atoms with Crippen molar-refractivity contribution in [3.05, 3.63) is 64.9 Å². The number of aromatic nitrogens is 3. The first-order chi connectivity index (χ1) is 13.6. The van der Waals surface area contributed by atoms with Crippen molar-refractivity contribution >= 4 is 17.5 Å². The Balaban J connectivity index is 1.69. The zero-order chi connectivity index (χ0) is 19.5. The Hall–Kier alpha value is -2.66. The number of carbonyl (C=O) groups excluding carboxylic acids is 1. The monoisotopic (exact) mass is 394 g/mol. The minimum Gasteiger partial charge on any atom is -0.347 e. The number of benzene rings is 2. The largest absolute Gasteiger partial charge is 0.347 e. The molecule has 1 heterocycles. The van der Waals surface area contributed by atoms with Gasteiger partial charge in [0.05, 0.1) is 5.69 Å². The fourth-order valence-corrected chi connectivity index (χ4v) is 3.68. The van der Waals surface area contributed by atoms with Crippen LogP contribution in [0.25, 0.3) is 17.1 Å². The van der Waals surface area contributed by atoms with E-state index in [4.69, 9.17) is 11.6 Å². The van der Waals surface area contributed by atoms with Gasteiger partial charge in [-0.15, -0.1) is 5.10 Å². The summed E-state index contributed by atoms with van der Waals surface area (Å²) in [5.74, 6) is 0.611. The Labute approximate surface area is 169 Å². The summed E-state index contributed by atoms with van der Waals surface area (Å²) in [6.45, 7) is 2.04. The van der Waals surface area contributed by atoms with Crippen LogP contribution in [-0.4, -0.2) is 26.7 Å². The molecule has 1 aromatic heterocycles. The summed E-state index contributed by atoms with van der Waals surface area (Å²) in [5.41, 5.74) is 2.88. The van der Waals surface area contributed by atoms with Crippen molar-refractivity contribution < 1.29 is 4.79 Å². The molecule has 28 heavy (non-hydrogen) atoms. The van der Waals surface area contributed by atoms with Crippen LogP contribution in [0.1, 0.15) is 48.3 Å². The Morgan fingerprint density at radius 3 is 2.39 bits per heavy atom. The van der Waals surface area contributed by atoms with Crippen molar-refractivity contribution in [3.8, 4) is 17.1 Å². The first kappa shape index (κ1) is 18.7. The van der Waals surface area contributed by atoms with Gasteiger partial charge >= 0.3 is 0 Å². The van der Waals surface area contributed by atoms with E-state index in [1.54, 1.807) is 16.8 Å². The van der Waals surface area contributed by atoms with Gasteiger partial charge in [0, 0.05) is 16.6 Å². The molecule has 0 radical (unpaired) electrons. The van der Waals surface area contributed by atoms with Crippen LogP contribution in [0.2, 0.25) is 5.02 Å². The van der Waals surface area contributed by atoms with Crippen LogP contribution in [0, 0.1) is 6.92 Å². The summed E-state index contributed by atoms with van der Waals surface area (Å²) in [4.78, 5) is 17.4. The normalized spacial score (nSPS) is 14.8. The second-order valence-electron chi connectivity index (χ2n) is 7.32. The van der Waals surface area contributed by atoms with Crippen LogP contribution in [0.15, 0.2) is 48.5 Å². The molecule has 144 valence electrons. The molecule has 1 aliphatic carbocycles. The molecule has 0 unspecified atom stereocenters. The first-order valence-electron chi connectivity index (χ1n) is 9.71. The van der Waals surface area contributed by atoms with Crippen molar-refractivity contribution in [2.24, 2.45) is 0 Å². The topological polar surface area (TPSA) is 59.8 Å². The van der Waals surface area contributed by atoms with Gasteiger partial charge in [0.2, 0.25) is 5.82 Å². The maximum Gasteiger partial charge on any atom is 0.291 e. The number of aryl methyl sites for hydroxylation is 1. The quantitative estimate of drug-likeness (QED) is 0.680. The molecule has 1 fully saturated rings. The average Bonchev–Trinajstić information content (AvgIpc) is 3.15. The summed E-state index contributed by atoms with van der Waals surface area (Å²) in [6.07, 6.45) is 5.61. The minimum absolute atomic E-state index is 0.191. The number of rotatable bonds is 4. The van der Waals surface area contributed by atoms with E-state index in [0.717, 1.165) is 42.5 Å². The van der Waals surface area contributed by atoms with Crippen molar-refractivity contribution in [2.75, 3.05) is 0 Å². The molecule has 1 aliphatic rings. The van der Waals surface area contributed by atoms with Crippen LogP contribution in [0.4, 0.5) is 0 Å². The maximum atomic E-state index is 12.8. The molecule has 3 aromatic rings. The Kier molecular flexibility index (Phi) is 5.44. The van der Waals surface area contributed by atoms with Gasteiger partial charge in [-0.25, -0.2) is 9.67 Å². The zero-order valence-corrected chi connectivity index (χ0v) is 16.6. The van der Waals surface area contributed by atoms with Crippen LogP contribution < -0.4 is 5.32 Å². The Bertz CT molecular complexity index is 894. The van der Waals surface area contributed by atoms with Crippen LogP contribution in [0.3, 0.4) is 0 Å². The third-order valence-corrected chi connectivity index (χ3v) is 5.38. The van der Waals surface area contributed by atoms with Crippen molar-refractivity contribution in [1.82, 2.24) is 20.1 Å². The van der Waals surface area contributed by atoms with Crippen LogP contribution >= 0.6 is 11.6 Å². The summed E-state index contributed by atoms with van der Waals surface area (Å²) in [5, 5.41) is 8.27. The fourth-order valence-electron chi connectivity index (χ4n) is 3.56. The summed E-state index contributed by atoms with van der Waals surface area (Å²) in [7, 11) is 0. The third kappa shape index (κ3) is 4.09. The molecule has 1 saturated carbocycles. The fraction of sp³-hybridized carbons (Fsp3) is 0.318. The van der Waals surface area contributed by atoms with Gasteiger partial charge in [-0.2, -0.15) is 0 Å². The molecule has 4 rings (SSSR count). The highest BCUT2D eigenvalue weighted by Gasteiger charge is 2.22. The van der Waals surface area contributed by atoms with Gasteiger partial charge in [-0.05, 0) is 44.0 Å². The van der Waals surface area contributed by atoms with Gasteiger partial charge in [-0.1, -0.05) is 60.7 Å². The molecule has 2 aromatic carbocycles. The number of nitrogens with one attached hydrogen (secondary N) is 1. The highest BCUT2D eigenvalue weighted by atomic mass is 35.5. The number of hydrogen-bond donors (Lipinski definition) is 1. The van der Waals surface area contributed by atoms with Gasteiger partial charge < -0.3 is 5.32 Å². The van der Waals surface area contributed by atoms with E-state index in [9.17, 15) is 4.79 Å². The second kappa shape index (κ2) is 8.15. The molecular formula is C22H23ClN4O. The van der Waals surface area contributed by atoms with Gasteiger partial charge in [-0.3, -0.25) is 4.79 Å². The van der Waals surface area contributed by atoms with E-state index >= 15 is 0 Å². The van der Waals surface area contributed by atoms with E-state index in [-0.39, 0.29) is 17.8 Å². The van der Waals surface area contributed by atoms with E-state index in [1.165, 1.54) is 6.42 Å². The molecule has 0 bridgehead atoms. The smallest absolute Gasteiger partial charge is 0.291 e. The Morgan fingerprint density at radius 1 is 1.04 bits per heavy atom. The lowest BCUT2D eigenvalue weighted by atomic mass is 9.95. The van der Waals surface area contributed by atoms with Crippen LogP contribution in [-0.2, 0) is 0 Å². The third-order valence-electron chi connectivity index (χ3n) is 5.13. The minimum atomic E-state index is -0.215. The zero-order valence-electron chi connectivity index (χ0n) is 15.9. The van der Waals surface area contributed by atoms with Crippen molar-refractivity contribution in [3.63, 3.8) is 0 Å². The molecular weight excluding hydrogens is 372 g/mol. The SMILES string of the molecule is Cc1ccc(-c2nc(C(=O)NC3CCCCC3)nn2-c2ccc(Cl)cc2)cc1. The first-order valence-corrected chi connectivity index (χ1v) is 10.1. The number of halogens is 1. The van der Waals surface area contributed by atoms with E-state index in [1.807, 2.05) is 43.3 Å². The lowest BCUT2D eigenvalue weighted by Gasteiger charge is -2.21. The average molecular weight is 395 g/mol.